The van der Waals surface area contributed by atoms with Gasteiger partial charge in [-0.1, -0.05) is 27.7 Å². The summed E-state index contributed by atoms with van der Waals surface area (Å²) in [5, 5.41) is 0. The van der Waals surface area contributed by atoms with Gasteiger partial charge in [-0.15, -0.1) is 0 Å². The number of rotatable bonds is 12. The number of hydrogen-bond donors (Lipinski definition) is 0. The van der Waals surface area contributed by atoms with Gasteiger partial charge in [-0.05, 0) is 37.8 Å². The maximum absolute atomic E-state index is 6.12. The molecule has 0 atom stereocenters. The van der Waals surface area contributed by atoms with E-state index in [9.17, 15) is 0 Å². The fourth-order valence-electron chi connectivity index (χ4n) is 1.88. The van der Waals surface area contributed by atoms with Crippen LogP contribution >= 0.6 is 0 Å². The zero-order valence-corrected chi connectivity index (χ0v) is 14.0. The topological polar surface area (TPSA) is 27.7 Å². The Hall–Kier alpha value is 0.0969. The summed E-state index contributed by atoms with van der Waals surface area (Å²) >= 11 is 0. The van der Waals surface area contributed by atoms with Crippen molar-refractivity contribution in [1.29, 1.82) is 0 Å². The molecule has 0 radical (unpaired) electrons. The van der Waals surface area contributed by atoms with E-state index in [1.54, 1.807) is 0 Å². The third-order valence-electron chi connectivity index (χ3n) is 3.17. The molecule has 3 nitrogen and oxygen atoms in total. The Kier molecular flexibility index (Phi) is 11.0. The Balaban J connectivity index is 3.92. The molecule has 0 bridgehead atoms. The highest BCUT2D eigenvalue weighted by molar-refractivity contribution is 6.67. The molecule has 4 heteroatoms. The predicted octanol–water partition coefficient (Wildman–Crippen LogP) is 3.97. The molecule has 0 aliphatic heterocycles. The molecule has 0 unspecified atom stereocenters. The first kappa shape index (κ1) is 18.1. The summed E-state index contributed by atoms with van der Waals surface area (Å²) < 4.78 is 17.5. The zero-order valence-electron chi connectivity index (χ0n) is 13.0. The standard InChI is InChI=1S/C14H32O3Si/c1-6-15-12-13-17-18(7-2,8-3)16-11-9-10-14(4)5/h14H,6-13H2,1-5H3. The minimum absolute atomic E-state index is 0.673. The van der Waals surface area contributed by atoms with Crippen LogP contribution in [0.1, 0.15) is 47.5 Å². The van der Waals surface area contributed by atoms with E-state index in [0.717, 1.165) is 37.6 Å². The molecule has 0 aliphatic rings. The van der Waals surface area contributed by atoms with Crippen LogP contribution in [-0.2, 0) is 13.6 Å². The Labute approximate surface area is 114 Å². The molecule has 18 heavy (non-hydrogen) atoms. The summed E-state index contributed by atoms with van der Waals surface area (Å²) in [7, 11) is -1.95. The fraction of sp³-hybridized carbons (Fsp3) is 1.00. The normalized spacial score (nSPS) is 12.3. The second-order valence-electron chi connectivity index (χ2n) is 5.05. The van der Waals surface area contributed by atoms with Gasteiger partial charge >= 0.3 is 8.56 Å². The molecule has 110 valence electrons. The molecule has 0 aromatic heterocycles. The molecule has 0 fully saturated rings. The molecule has 0 spiro atoms. The minimum Gasteiger partial charge on any atom is -0.394 e. The second kappa shape index (κ2) is 11.0. The van der Waals surface area contributed by atoms with Gasteiger partial charge in [-0.2, -0.15) is 0 Å². The second-order valence-corrected chi connectivity index (χ2v) is 8.86. The van der Waals surface area contributed by atoms with Crippen molar-refractivity contribution in [2.24, 2.45) is 5.92 Å². The highest BCUT2D eigenvalue weighted by atomic mass is 28.4. The van der Waals surface area contributed by atoms with Crippen LogP contribution in [0.4, 0.5) is 0 Å². The van der Waals surface area contributed by atoms with Crippen molar-refractivity contribution in [3.63, 3.8) is 0 Å². The summed E-state index contributed by atoms with van der Waals surface area (Å²) in [6, 6.07) is 2.05. The molecule has 0 heterocycles. The molecular weight excluding hydrogens is 244 g/mol. The van der Waals surface area contributed by atoms with Gasteiger partial charge < -0.3 is 13.6 Å². The Morgan fingerprint density at radius 2 is 1.50 bits per heavy atom. The van der Waals surface area contributed by atoms with Gasteiger partial charge in [0.2, 0.25) is 0 Å². The minimum atomic E-state index is -1.95. The first-order valence-electron chi connectivity index (χ1n) is 7.45. The first-order valence-corrected chi connectivity index (χ1v) is 9.69. The van der Waals surface area contributed by atoms with Gasteiger partial charge in [0.05, 0.1) is 13.2 Å². The lowest BCUT2D eigenvalue weighted by Crippen LogP contribution is -2.42. The van der Waals surface area contributed by atoms with Crippen molar-refractivity contribution in [2.75, 3.05) is 26.4 Å². The van der Waals surface area contributed by atoms with E-state index in [1.807, 2.05) is 6.92 Å². The van der Waals surface area contributed by atoms with E-state index >= 15 is 0 Å². The van der Waals surface area contributed by atoms with Gasteiger partial charge in [-0.3, -0.25) is 0 Å². The van der Waals surface area contributed by atoms with Gasteiger partial charge in [0.25, 0.3) is 0 Å². The van der Waals surface area contributed by atoms with Crippen molar-refractivity contribution in [1.82, 2.24) is 0 Å². The SMILES string of the molecule is CCOCCO[Si](CC)(CC)OCCCC(C)C. The van der Waals surface area contributed by atoms with E-state index in [1.165, 1.54) is 6.42 Å². The number of hydrogen-bond acceptors (Lipinski definition) is 3. The van der Waals surface area contributed by atoms with E-state index < -0.39 is 8.56 Å². The van der Waals surface area contributed by atoms with Crippen LogP contribution in [0.25, 0.3) is 0 Å². The van der Waals surface area contributed by atoms with Crippen LogP contribution in [0.5, 0.6) is 0 Å². The average Bonchev–Trinajstić information content (AvgIpc) is 2.37. The van der Waals surface area contributed by atoms with Crippen LogP contribution in [0.15, 0.2) is 0 Å². The van der Waals surface area contributed by atoms with Gasteiger partial charge in [0, 0.05) is 13.2 Å². The summed E-state index contributed by atoms with van der Waals surface area (Å²) in [5.74, 6) is 0.756. The largest absolute Gasteiger partial charge is 0.394 e. The van der Waals surface area contributed by atoms with Gasteiger partial charge in [0.1, 0.15) is 0 Å². The van der Waals surface area contributed by atoms with Crippen molar-refractivity contribution < 1.29 is 13.6 Å². The van der Waals surface area contributed by atoms with E-state index in [-0.39, 0.29) is 0 Å². The molecule has 0 saturated heterocycles. The maximum Gasteiger partial charge on any atom is 0.337 e. The van der Waals surface area contributed by atoms with Crippen molar-refractivity contribution >= 4 is 8.56 Å². The highest BCUT2D eigenvalue weighted by Crippen LogP contribution is 2.19. The van der Waals surface area contributed by atoms with Crippen LogP contribution in [0, 0.1) is 5.92 Å². The Bertz CT molecular complexity index is 182. The first-order chi connectivity index (χ1) is 8.60. The fourth-order valence-corrected chi connectivity index (χ4v) is 4.25. The zero-order chi connectivity index (χ0) is 13.9. The van der Waals surface area contributed by atoms with Gasteiger partial charge in [-0.25, -0.2) is 0 Å². The number of ether oxygens (including phenoxy) is 1. The lowest BCUT2D eigenvalue weighted by Gasteiger charge is -2.29. The van der Waals surface area contributed by atoms with Crippen LogP contribution in [-0.4, -0.2) is 35.0 Å². The van der Waals surface area contributed by atoms with E-state index in [0.29, 0.717) is 13.2 Å². The lowest BCUT2D eigenvalue weighted by molar-refractivity contribution is 0.0844. The Morgan fingerprint density at radius 3 is 2.00 bits per heavy atom. The van der Waals surface area contributed by atoms with E-state index in [2.05, 4.69) is 27.7 Å². The van der Waals surface area contributed by atoms with Crippen molar-refractivity contribution in [3.05, 3.63) is 0 Å². The van der Waals surface area contributed by atoms with Crippen LogP contribution in [0.3, 0.4) is 0 Å². The summed E-state index contributed by atoms with van der Waals surface area (Å²) in [5.41, 5.74) is 0. The molecular formula is C14H32O3Si. The Morgan fingerprint density at radius 1 is 0.889 bits per heavy atom. The molecule has 0 saturated carbocycles. The quantitative estimate of drug-likeness (QED) is 0.399. The van der Waals surface area contributed by atoms with Gasteiger partial charge in [0.15, 0.2) is 0 Å². The summed E-state index contributed by atoms with van der Waals surface area (Å²) in [6.07, 6.45) is 2.37. The molecule has 0 aromatic carbocycles. The van der Waals surface area contributed by atoms with Crippen molar-refractivity contribution in [3.8, 4) is 0 Å². The summed E-state index contributed by atoms with van der Waals surface area (Å²) in [4.78, 5) is 0. The molecule has 0 N–H and O–H groups in total. The maximum atomic E-state index is 6.12. The average molecular weight is 276 g/mol. The third kappa shape index (κ3) is 8.24. The smallest absolute Gasteiger partial charge is 0.337 e. The van der Waals surface area contributed by atoms with Crippen LogP contribution < -0.4 is 0 Å². The predicted molar refractivity (Wildman–Crippen MR) is 79.2 cm³/mol. The molecule has 0 aromatic rings. The lowest BCUT2D eigenvalue weighted by atomic mass is 10.1. The van der Waals surface area contributed by atoms with Crippen molar-refractivity contribution in [2.45, 2.75) is 59.5 Å². The summed E-state index contributed by atoms with van der Waals surface area (Å²) in [6.45, 7) is 13.8. The molecule has 0 aliphatic carbocycles. The molecule has 0 rings (SSSR count). The van der Waals surface area contributed by atoms with E-state index in [4.69, 9.17) is 13.6 Å². The highest BCUT2D eigenvalue weighted by Gasteiger charge is 2.33. The molecule has 0 amide bonds. The van der Waals surface area contributed by atoms with Crippen LogP contribution in [0.2, 0.25) is 12.1 Å². The monoisotopic (exact) mass is 276 g/mol. The third-order valence-corrected chi connectivity index (χ3v) is 6.78.